The SMILES string of the molecule is CCCCOCCN=C(NCC)N(C)CC1CCOC1.I. The van der Waals surface area contributed by atoms with Gasteiger partial charge >= 0.3 is 0 Å². The summed E-state index contributed by atoms with van der Waals surface area (Å²) in [6.45, 7) is 10.2. The summed E-state index contributed by atoms with van der Waals surface area (Å²) in [5.41, 5.74) is 0. The second kappa shape index (κ2) is 13.6. The maximum absolute atomic E-state index is 5.54. The Kier molecular flexibility index (Phi) is 13.5. The average Bonchev–Trinajstić information content (AvgIpc) is 2.94. The summed E-state index contributed by atoms with van der Waals surface area (Å²) >= 11 is 0. The Hall–Kier alpha value is -0.0800. The lowest BCUT2D eigenvalue weighted by Gasteiger charge is -2.24. The van der Waals surface area contributed by atoms with Crippen molar-refractivity contribution in [3.8, 4) is 0 Å². The van der Waals surface area contributed by atoms with Gasteiger partial charge in [0.2, 0.25) is 0 Å². The van der Waals surface area contributed by atoms with Crippen molar-refractivity contribution in [2.75, 3.05) is 53.1 Å². The van der Waals surface area contributed by atoms with Crippen LogP contribution in [0.5, 0.6) is 0 Å². The van der Waals surface area contributed by atoms with E-state index in [0.717, 1.165) is 58.3 Å². The van der Waals surface area contributed by atoms with E-state index in [1.54, 1.807) is 0 Å². The van der Waals surface area contributed by atoms with Gasteiger partial charge in [-0.15, -0.1) is 24.0 Å². The maximum Gasteiger partial charge on any atom is 0.193 e. The number of guanidine groups is 1. The molecule has 1 unspecified atom stereocenters. The minimum absolute atomic E-state index is 0. The Bertz CT molecular complexity index is 272. The molecule has 0 amide bonds. The molecule has 1 aliphatic rings. The van der Waals surface area contributed by atoms with Gasteiger partial charge in [-0.1, -0.05) is 13.3 Å². The van der Waals surface area contributed by atoms with Gasteiger partial charge in [0.15, 0.2) is 5.96 Å². The zero-order chi connectivity index (χ0) is 14.6. The molecule has 0 radical (unpaired) electrons. The summed E-state index contributed by atoms with van der Waals surface area (Å²) in [6, 6.07) is 0. The minimum atomic E-state index is 0. The lowest BCUT2D eigenvalue weighted by atomic mass is 10.1. The van der Waals surface area contributed by atoms with Crippen LogP contribution in [0, 0.1) is 5.92 Å². The highest BCUT2D eigenvalue weighted by atomic mass is 127. The van der Waals surface area contributed by atoms with Crippen molar-refractivity contribution >= 4 is 29.9 Å². The number of halogens is 1. The van der Waals surface area contributed by atoms with Gasteiger partial charge in [0.05, 0.1) is 19.8 Å². The molecule has 126 valence electrons. The molecule has 0 aromatic carbocycles. The first-order valence-electron chi connectivity index (χ1n) is 7.92. The van der Waals surface area contributed by atoms with E-state index in [4.69, 9.17) is 9.47 Å². The highest BCUT2D eigenvalue weighted by Gasteiger charge is 2.18. The van der Waals surface area contributed by atoms with Crippen molar-refractivity contribution in [2.24, 2.45) is 10.9 Å². The molecule has 0 saturated carbocycles. The number of rotatable bonds is 9. The number of nitrogens with zero attached hydrogens (tertiary/aromatic N) is 2. The molecule has 1 heterocycles. The van der Waals surface area contributed by atoms with Crippen LogP contribution in [0.3, 0.4) is 0 Å². The van der Waals surface area contributed by atoms with Crippen LogP contribution in [0.4, 0.5) is 0 Å². The van der Waals surface area contributed by atoms with E-state index in [0.29, 0.717) is 12.5 Å². The van der Waals surface area contributed by atoms with E-state index in [2.05, 4.69) is 36.1 Å². The van der Waals surface area contributed by atoms with E-state index in [1.165, 1.54) is 6.42 Å². The summed E-state index contributed by atoms with van der Waals surface area (Å²) in [6.07, 6.45) is 3.47. The van der Waals surface area contributed by atoms with Crippen molar-refractivity contribution < 1.29 is 9.47 Å². The third-order valence-electron chi connectivity index (χ3n) is 3.39. The van der Waals surface area contributed by atoms with Crippen LogP contribution in [0.15, 0.2) is 4.99 Å². The zero-order valence-electron chi connectivity index (χ0n) is 13.8. The zero-order valence-corrected chi connectivity index (χ0v) is 16.1. The first-order chi connectivity index (χ1) is 9.77. The molecule has 0 spiro atoms. The Labute approximate surface area is 146 Å². The van der Waals surface area contributed by atoms with E-state index in [9.17, 15) is 0 Å². The molecule has 1 aliphatic heterocycles. The number of nitrogens with one attached hydrogen (secondary N) is 1. The van der Waals surface area contributed by atoms with E-state index in [-0.39, 0.29) is 24.0 Å². The number of aliphatic imine (C=N–C) groups is 1. The molecule has 1 rings (SSSR count). The van der Waals surface area contributed by atoms with Gasteiger partial charge in [0.1, 0.15) is 0 Å². The van der Waals surface area contributed by atoms with Crippen LogP contribution in [-0.4, -0.2) is 64.0 Å². The molecule has 1 N–H and O–H groups in total. The molecule has 0 aromatic rings. The van der Waals surface area contributed by atoms with Crippen molar-refractivity contribution in [3.63, 3.8) is 0 Å². The monoisotopic (exact) mass is 413 g/mol. The number of unbranched alkanes of at least 4 members (excludes halogenated alkanes) is 1. The van der Waals surface area contributed by atoms with E-state index in [1.807, 2.05) is 0 Å². The number of hydrogen-bond donors (Lipinski definition) is 1. The second-order valence-electron chi connectivity index (χ2n) is 5.31. The Morgan fingerprint density at radius 2 is 2.19 bits per heavy atom. The summed E-state index contributed by atoms with van der Waals surface area (Å²) in [4.78, 5) is 6.82. The fourth-order valence-corrected chi connectivity index (χ4v) is 2.24. The third-order valence-corrected chi connectivity index (χ3v) is 3.39. The normalized spacial score (nSPS) is 18.4. The van der Waals surface area contributed by atoms with Gasteiger partial charge in [0, 0.05) is 39.3 Å². The third kappa shape index (κ3) is 9.52. The van der Waals surface area contributed by atoms with Crippen molar-refractivity contribution in [1.82, 2.24) is 10.2 Å². The minimum Gasteiger partial charge on any atom is -0.381 e. The highest BCUT2D eigenvalue weighted by molar-refractivity contribution is 14.0. The van der Waals surface area contributed by atoms with E-state index < -0.39 is 0 Å². The van der Waals surface area contributed by atoms with Crippen LogP contribution in [0.25, 0.3) is 0 Å². The smallest absolute Gasteiger partial charge is 0.193 e. The van der Waals surface area contributed by atoms with Crippen LogP contribution < -0.4 is 5.32 Å². The molecular weight excluding hydrogens is 381 g/mol. The van der Waals surface area contributed by atoms with Gasteiger partial charge in [-0.25, -0.2) is 0 Å². The van der Waals surface area contributed by atoms with Gasteiger partial charge in [-0.05, 0) is 19.8 Å². The summed E-state index contributed by atoms with van der Waals surface area (Å²) in [5, 5.41) is 3.34. The van der Waals surface area contributed by atoms with Gasteiger partial charge in [0.25, 0.3) is 0 Å². The Morgan fingerprint density at radius 1 is 1.38 bits per heavy atom. The molecular formula is C15H32IN3O2. The predicted octanol–water partition coefficient (Wildman–Crippen LogP) is 2.35. The number of hydrogen-bond acceptors (Lipinski definition) is 3. The van der Waals surface area contributed by atoms with Crippen molar-refractivity contribution in [1.29, 1.82) is 0 Å². The molecule has 0 aromatic heterocycles. The largest absolute Gasteiger partial charge is 0.381 e. The molecule has 0 aliphatic carbocycles. The fourth-order valence-electron chi connectivity index (χ4n) is 2.24. The first kappa shape index (κ1) is 20.9. The van der Waals surface area contributed by atoms with Crippen molar-refractivity contribution in [3.05, 3.63) is 0 Å². The fraction of sp³-hybridized carbons (Fsp3) is 0.933. The van der Waals surface area contributed by atoms with Crippen LogP contribution in [0.1, 0.15) is 33.1 Å². The lowest BCUT2D eigenvalue weighted by molar-refractivity contribution is 0.138. The Morgan fingerprint density at radius 3 is 2.81 bits per heavy atom. The standard InChI is InChI=1S/C15H31N3O2.HI/c1-4-6-9-19-11-8-17-15(16-5-2)18(3)12-14-7-10-20-13-14;/h14H,4-13H2,1-3H3,(H,16,17);1H. The van der Waals surface area contributed by atoms with Crippen LogP contribution in [-0.2, 0) is 9.47 Å². The average molecular weight is 413 g/mol. The lowest BCUT2D eigenvalue weighted by Crippen LogP contribution is -2.41. The molecule has 0 bridgehead atoms. The van der Waals surface area contributed by atoms with Crippen molar-refractivity contribution in [2.45, 2.75) is 33.1 Å². The number of ether oxygens (including phenoxy) is 2. The van der Waals surface area contributed by atoms with Gasteiger partial charge in [-0.3, -0.25) is 4.99 Å². The molecule has 1 fully saturated rings. The molecule has 1 saturated heterocycles. The predicted molar refractivity (Wildman–Crippen MR) is 98.7 cm³/mol. The quantitative estimate of drug-likeness (QED) is 0.273. The maximum atomic E-state index is 5.54. The molecule has 5 nitrogen and oxygen atoms in total. The van der Waals surface area contributed by atoms with Crippen LogP contribution in [0.2, 0.25) is 0 Å². The topological polar surface area (TPSA) is 46.1 Å². The summed E-state index contributed by atoms with van der Waals surface area (Å²) in [7, 11) is 2.09. The Balaban J connectivity index is 0.00000400. The molecule has 21 heavy (non-hydrogen) atoms. The highest BCUT2D eigenvalue weighted by Crippen LogP contribution is 2.13. The second-order valence-corrected chi connectivity index (χ2v) is 5.31. The molecule has 6 heteroatoms. The van der Waals surface area contributed by atoms with Gasteiger partial charge in [-0.2, -0.15) is 0 Å². The van der Waals surface area contributed by atoms with Crippen LogP contribution >= 0.6 is 24.0 Å². The summed E-state index contributed by atoms with van der Waals surface area (Å²) in [5.74, 6) is 1.60. The first-order valence-corrected chi connectivity index (χ1v) is 7.92. The van der Waals surface area contributed by atoms with Gasteiger partial charge < -0.3 is 19.7 Å². The summed E-state index contributed by atoms with van der Waals surface area (Å²) < 4.78 is 11.0. The van der Waals surface area contributed by atoms with E-state index >= 15 is 0 Å². The molecule has 1 atom stereocenters.